The second-order valence-corrected chi connectivity index (χ2v) is 10.1. The van der Waals surface area contributed by atoms with Crippen molar-refractivity contribution in [2.45, 2.75) is 88.6 Å². The fourth-order valence-corrected chi connectivity index (χ4v) is 4.76. The average Bonchev–Trinajstić information content (AvgIpc) is 3.15. The van der Waals surface area contributed by atoms with Gasteiger partial charge in [-0.05, 0) is 51.7 Å². The Bertz CT molecular complexity index is 860. The van der Waals surface area contributed by atoms with Gasteiger partial charge >= 0.3 is 12.3 Å². The second kappa shape index (κ2) is 9.52. The van der Waals surface area contributed by atoms with E-state index in [0.29, 0.717) is 38.6 Å². The first kappa shape index (κ1) is 25.3. The van der Waals surface area contributed by atoms with Crippen molar-refractivity contribution in [1.29, 1.82) is 0 Å². The van der Waals surface area contributed by atoms with Gasteiger partial charge in [-0.15, -0.1) is 0 Å². The molecule has 6 nitrogen and oxygen atoms in total. The van der Waals surface area contributed by atoms with E-state index >= 15 is 0 Å². The van der Waals surface area contributed by atoms with Crippen molar-refractivity contribution in [3.8, 4) is 0 Å². The van der Waals surface area contributed by atoms with Crippen LogP contribution < -0.4 is 5.32 Å². The third kappa shape index (κ3) is 6.40. The standard InChI is InChI=1S/C24H33F3N2O4/c1-22(2,3)33-21(31)28-18-10-13-29(15-18)20(30)19(23(32)11-5-4-6-12-23)16-8-7-9-17(14-16)24(25,26)27/h7-9,14,18-19,32H,4-6,10-13,15H2,1-3H3,(H,28,31)/t18-,19?/m1/s1. The molecule has 2 amide bonds. The number of aliphatic hydroxyl groups is 1. The number of likely N-dealkylation sites (tertiary alicyclic amines) is 1. The fourth-order valence-electron chi connectivity index (χ4n) is 4.76. The van der Waals surface area contributed by atoms with Crippen molar-refractivity contribution in [3.05, 3.63) is 35.4 Å². The summed E-state index contributed by atoms with van der Waals surface area (Å²) >= 11 is 0. The molecule has 1 unspecified atom stereocenters. The summed E-state index contributed by atoms with van der Waals surface area (Å²) in [7, 11) is 0. The zero-order chi connectivity index (χ0) is 24.4. The zero-order valence-corrected chi connectivity index (χ0v) is 19.4. The van der Waals surface area contributed by atoms with E-state index < -0.39 is 40.9 Å². The lowest BCUT2D eigenvalue weighted by Gasteiger charge is -2.40. The Morgan fingerprint density at radius 3 is 2.45 bits per heavy atom. The largest absolute Gasteiger partial charge is 0.444 e. The third-order valence-electron chi connectivity index (χ3n) is 6.27. The smallest absolute Gasteiger partial charge is 0.416 e. The van der Waals surface area contributed by atoms with Crippen molar-refractivity contribution >= 4 is 12.0 Å². The molecule has 33 heavy (non-hydrogen) atoms. The third-order valence-corrected chi connectivity index (χ3v) is 6.27. The molecule has 0 spiro atoms. The summed E-state index contributed by atoms with van der Waals surface area (Å²) in [6, 6.07) is 4.37. The van der Waals surface area contributed by atoms with Crippen molar-refractivity contribution in [2.24, 2.45) is 0 Å². The number of halogens is 3. The lowest BCUT2D eigenvalue weighted by atomic mass is 9.72. The molecule has 2 N–H and O–H groups in total. The van der Waals surface area contributed by atoms with Gasteiger partial charge in [-0.2, -0.15) is 13.2 Å². The van der Waals surface area contributed by atoms with Gasteiger partial charge in [0.05, 0.1) is 23.1 Å². The lowest BCUT2D eigenvalue weighted by molar-refractivity contribution is -0.142. The molecule has 0 bridgehead atoms. The Morgan fingerprint density at radius 1 is 1.18 bits per heavy atom. The highest BCUT2D eigenvalue weighted by atomic mass is 19.4. The summed E-state index contributed by atoms with van der Waals surface area (Å²) in [5, 5.41) is 14.2. The molecule has 3 rings (SSSR count). The summed E-state index contributed by atoms with van der Waals surface area (Å²) in [6.07, 6.45) is -1.59. The van der Waals surface area contributed by atoms with Crippen LogP contribution in [0.5, 0.6) is 0 Å². The number of ether oxygens (including phenoxy) is 1. The van der Waals surface area contributed by atoms with Crippen LogP contribution in [0.3, 0.4) is 0 Å². The molecule has 1 aliphatic heterocycles. The van der Waals surface area contributed by atoms with Gasteiger partial charge in [0.2, 0.25) is 5.91 Å². The van der Waals surface area contributed by atoms with E-state index in [1.54, 1.807) is 20.8 Å². The van der Waals surface area contributed by atoms with Gasteiger partial charge in [0.25, 0.3) is 0 Å². The van der Waals surface area contributed by atoms with Crippen LogP contribution in [0.1, 0.15) is 76.3 Å². The molecule has 184 valence electrons. The van der Waals surface area contributed by atoms with Gasteiger partial charge in [-0.1, -0.05) is 37.5 Å². The molecule has 1 aromatic carbocycles. The fraction of sp³-hybridized carbons (Fsp3) is 0.667. The van der Waals surface area contributed by atoms with Gasteiger partial charge in [-0.3, -0.25) is 4.79 Å². The van der Waals surface area contributed by atoms with Crippen LogP contribution in [-0.2, 0) is 15.7 Å². The Balaban J connectivity index is 1.82. The molecule has 0 aromatic heterocycles. The van der Waals surface area contributed by atoms with Crippen LogP contribution in [0.2, 0.25) is 0 Å². The summed E-state index contributed by atoms with van der Waals surface area (Å²) in [6.45, 7) is 5.80. The van der Waals surface area contributed by atoms with E-state index in [2.05, 4.69) is 5.32 Å². The first-order valence-corrected chi connectivity index (χ1v) is 11.5. The Kier molecular flexibility index (Phi) is 7.31. The summed E-state index contributed by atoms with van der Waals surface area (Å²) < 4.78 is 45.3. The molecule has 0 radical (unpaired) electrons. The van der Waals surface area contributed by atoms with Gasteiger partial charge in [0.1, 0.15) is 5.60 Å². The molecule has 1 aliphatic carbocycles. The number of rotatable bonds is 4. The minimum absolute atomic E-state index is 0.169. The van der Waals surface area contributed by atoms with E-state index in [4.69, 9.17) is 4.74 Å². The van der Waals surface area contributed by atoms with E-state index in [-0.39, 0.29) is 18.2 Å². The Hall–Kier alpha value is -2.29. The number of carbonyl (C=O) groups is 2. The molecular formula is C24H33F3N2O4. The SMILES string of the molecule is CC(C)(C)OC(=O)N[C@@H]1CCN(C(=O)C(c2cccc(C(F)(F)F)c2)C2(O)CCCCC2)C1. The normalized spacial score (nSPS) is 22.0. The van der Waals surface area contributed by atoms with Gasteiger partial charge in [0, 0.05) is 13.1 Å². The lowest BCUT2D eigenvalue weighted by Crippen LogP contribution is -2.48. The first-order chi connectivity index (χ1) is 15.3. The number of alkyl halides is 3. The van der Waals surface area contributed by atoms with Crippen LogP contribution in [0.15, 0.2) is 24.3 Å². The van der Waals surface area contributed by atoms with Crippen molar-refractivity contribution in [3.63, 3.8) is 0 Å². The highest BCUT2D eigenvalue weighted by molar-refractivity contribution is 5.85. The van der Waals surface area contributed by atoms with E-state index in [0.717, 1.165) is 18.6 Å². The molecule has 9 heteroatoms. The zero-order valence-electron chi connectivity index (χ0n) is 19.4. The monoisotopic (exact) mass is 470 g/mol. The first-order valence-electron chi connectivity index (χ1n) is 11.5. The Morgan fingerprint density at radius 2 is 1.85 bits per heavy atom. The van der Waals surface area contributed by atoms with Crippen LogP contribution in [-0.4, -0.2) is 52.3 Å². The molecule has 1 heterocycles. The van der Waals surface area contributed by atoms with Crippen molar-refractivity contribution in [1.82, 2.24) is 10.2 Å². The van der Waals surface area contributed by atoms with Crippen molar-refractivity contribution < 1.29 is 32.6 Å². The number of hydrogen-bond acceptors (Lipinski definition) is 4. The highest BCUT2D eigenvalue weighted by Gasteiger charge is 2.46. The van der Waals surface area contributed by atoms with E-state index in [1.807, 2.05) is 0 Å². The molecule has 2 aliphatic rings. The van der Waals surface area contributed by atoms with Gasteiger partial charge in [0.15, 0.2) is 0 Å². The predicted octanol–water partition coefficient (Wildman–Crippen LogP) is 4.61. The summed E-state index contributed by atoms with van der Waals surface area (Å²) in [4.78, 5) is 27.2. The summed E-state index contributed by atoms with van der Waals surface area (Å²) in [5.74, 6) is -1.51. The highest BCUT2D eigenvalue weighted by Crippen LogP contribution is 2.42. The van der Waals surface area contributed by atoms with Crippen LogP contribution >= 0.6 is 0 Å². The van der Waals surface area contributed by atoms with Gasteiger partial charge in [-0.25, -0.2) is 4.79 Å². The number of alkyl carbamates (subject to hydrolysis) is 1. The number of amides is 2. The quantitative estimate of drug-likeness (QED) is 0.674. The minimum atomic E-state index is -4.55. The number of hydrogen-bond donors (Lipinski definition) is 2. The predicted molar refractivity (Wildman–Crippen MR) is 117 cm³/mol. The average molecular weight is 471 g/mol. The maximum Gasteiger partial charge on any atom is 0.416 e. The van der Waals surface area contributed by atoms with Crippen LogP contribution in [0.25, 0.3) is 0 Å². The number of nitrogens with one attached hydrogen (secondary N) is 1. The second-order valence-electron chi connectivity index (χ2n) is 10.1. The number of carbonyl (C=O) groups excluding carboxylic acids is 2. The topological polar surface area (TPSA) is 78.9 Å². The summed E-state index contributed by atoms with van der Waals surface area (Å²) in [5.41, 5.74) is -2.74. The van der Waals surface area contributed by atoms with E-state index in [1.165, 1.54) is 17.0 Å². The van der Waals surface area contributed by atoms with Crippen LogP contribution in [0.4, 0.5) is 18.0 Å². The maximum atomic E-state index is 13.6. The van der Waals surface area contributed by atoms with Gasteiger partial charge < -0.3 is 20.1 Å². The minimum Gasteiger partial charge on any atom is -0.444 e. The van der Waals surface area contributed by atoms with Crippen LogP contribution in [0, 0.1) is 0 Å². The van der Waals surface area contributed by atoms with Crippen molar-refractivity contribution in [2.75, 3.05) is 13.1 Å². The molecule has 2 fully saturated rings. The van der Waals surface area contributed by atoms with E-state index in [9.17, 15) is 27.9 Å². The maximum absolute atomic E-state index is 13.6. The molecule has 1 saturated carbocycles. The molecule has 1 saturated heterocycles. The molecule has 2 atom stereocenters. The molecular weight excluding hydrogens is 437 g/mol. The number of benzene rings is 1. The molecule has 1 aromatic rings. The Labute approximate surface area is 192 Å². The number of nitrogens with zero attached hydrogens (tertiary/aromatic N) is 1.